The summed E-state index contributed by atoms with van der Waals surface area (Å²) in [6.07, 6.45) is 14.8. The minimum Gasteiger partial charge on any atom is -0.465 e. The van der Waals surface area contributed by atoms with E-state index in [1.807, 2.05) is 0 Å². The fourth-order valence-electron chi connectivity index (χ4n) is 4.23. The van der Waals surface area contributed by atoms with Crippen LogP contribution in [0.25, 0.3) is 0 Å². The van der Waals surface area contributed by atoms with Crippen LogP contribution in [-0.4, -0.2) is 25.2 Å². The highest BCUT2D eigenvalue weighted by atomic mass is 16.5. The second-order valence-electron chi connectivity index (χ2n) is 7.80. The third-order valence-corrected chi connectivity index (χ3v) is 5.78. The van der Waals surface area contributed by atoms with E-state index in [-0.39, 0.29) is 35.6 Å². The Morgan fingerprint density at radius 3 is 1.50 bits per heavy atom. The highest BCUT2D eigenvalue weighted by Gasteiger charge is 2.49. The number of allylic oxidation sites excluding steroid dienone is 2. The van der Waals surface area contributed by atoms with Crippen molar-refractivity contribution in [3.63, 3.8) is 0 Å². The summed E-state index contributed by atoms with van der Waals surface area (Å²) in [4.78, 5) is 25.4. The molecule has 0 N–H and O–H groups in total. The first-order valence-corrected chi connectivity index (χ1v) is 10.7. The summed E-state index contributed by atoms with van der Waals surface area (Å²) in [5.74, 6) is -0.857. The van der Waals surface area contributed by atoms with E-state index >= 15 is 0 Å². The summed E-state index contributed by atoms with van der Waals surface area (Å²) in [7, 11) is 0. The molecular formula is C22H36O4. The van der Waals surface area contributed by atoms with E-state index in [1.165, 1.54) is 12.8 Å². The molecule has 1 fully saturated rings. The van der Waals surface area contributed by atoms with Gasteiger partial charge in [0.05, 0.1) is 25.0 Å². The topological polar surface area (TPSA) is 52.6 Å². The van der Waals surface area contributed by atoms with Crippen LogP contribution in [0.4, 0.5) is 0 Å². The fraction of sp³-hybridized carbons (Fsp3) is 0.818. The third kappa shape index (κ3) is 5.85. The predicted octanol–water partition coefficient (Wildman–Crippen LogP) is 5.06. The monoisotopic (exact) mass is 364 g/mol. The molecule has 0 saturated heterocycles. The molecule has 4 nitrogen and oxygen atoms in total. The van der Waals surface area contributed by atoms with Crippen LogP contribution in [0, 0.1) is 23.7 Å². The van der Waals surface area contributed by atoms with Crippen LogP contribution in [0.1, 0.15) is 78.1 Å². The van der Waals surface area contributed by atoms with E-state index in [0.717, 1.165) is 51.4 Å². The van der Waals surface area contributed by atoms with E-state index in [2.05, 4.69) is 26.0 Å². The summed E-state index contributed by atoms with van der Waals surface area (Å²) >= 11 is 0. The number of fused-ring (bicyclic) bond motifs is 2. The molecule has 0 amide bonds. The molecule has 0 aromatic rings. The average Bonchev–Trinajstić information content (AvgIpc) is 2.67. The number of carbonyl (C=O) groups excluding carboxylic acids is 2. The Morgan fingerprint density at radius 2 is 1.15 bits per heavy atom. The van der Waals surface area contributed by atoms with Gasteiger partial charge in [0.25, 0.3) is 0 Å². The molecule has 26 heavy (non-hydrogen) atoms. The molecule has 0 aromatic heterocycles. The van der Waals surface area contributed by atoms with Crippen molar-refractivity contribution in [2.45, 2.75) is 78.1 Å². The zero-order valence-electron chi connectivity index (χ0n) is 16.6. The zero-order valence-corrected chi connectivity index (χ0v) is 16.6. The molecule has 4 atom stereocenters. The normalized spacial score (nSPS) is 26.7. The Balaban J connectivity index is 1.86. The quantitative estimate of drug-likeness (QED) is 0.276. The van der Waals surface area contributed by atoms with Crippen LogP contribution in [-0.2, 0) is 19.1 Å². The van der Waals surface area contributed by atoms with Gasteiger partial charge in [-0.2, -0.15) is 0 Å². The molecule has 4 unspecified atom stereocenters. The van der Waals surface area contributed by atoms with E-state index in [9.17, 15) is 9.59 Å². The molecule has 3 rings (SSSR count). The van der Waals surface area contributed by atoms with Crippen LogP contribution < -0.4 is 0 Å². The third-order valence-electron chi connectivity index (χ3n) is 5.78. The Labute approximate surface area is 158 Å². The summed E-state index contributed by atoms with van der Waals surface area (Å²) in [5.41, 5.74) is 0. The first-order valence-electron chi connectivity index (χ1n) is 10.7. The van der Waals surface area contributed by atoms with Gasteiger partial charge in [-0.15, -0.1) is 0 Å². The van der Waals surface area contributed by atoms with Crippen LogP contribution >= 0.6 is 0 Å². The number of rotatable bonds is 12. The lowest BCUT2D eigenvalue weighted by atomic mass is 9.62. The minimum atomic E-state index is -0.354. The second-order valence-corrected chi connectivity index (χ2v) is 7.80. The van der Waals surface area contributed by atoms with Gasteiger partial charge in [0.2, 0.25) is 0 Å². The predicted molar refractivity (Wildman–Crippen MR) is 103 cm³/mol. The summed E-state index contributed by atoms with van der Waals surface area (Å²) < 4.78 is 11.1. The minimum absolute atomic E-state index is 0.126. The van der Waals surface area contributed by atoms with Gasteiger partial charge in [0.1, 0.15) is 0 Å². The first kappa shape index (κ1) is 21.0. The maximum absolute atomic E-state index is 12.7. The molecule has 4 heteroatoms. The maximum atomic E-state index is 12.7. The van der Waals surface area contributed by atoms with Gasteiger partial charge in [0, 0.05) is 0 Å². The van der Waals surface area contributed by atoms with E-state index in [0.29, 0.717) is 13.2 Å². The molecule has 0 spiro atoms. The van der Waals surface area contributed by atoms with Crippen LogP contribution in [0.5, 0.6) is 0 Å². The van der Waals surface area contributed by atoms with Crippen molar-refractivity contribution >= 4 is 11.9 Å². The lowest BCUT2D eigenvalue weighted by molar-refractivity contribution is -0.167. The molecule has 2 bridgehead atoms. The van der Waals surface area contributed by atoms with Crippen molar-refractivity contribution < 1.29 is 19.1 Å². The van der Waals surface area contributed by atoms with Gasteiger partial charge in [0.15, 0.2) is 0 Å². The molecule has 0 radical (unpaired) electrons. The highest BCUT2D eigenvalue weighted by molar-refractivity contribution is 5.83. The number of hydrogen-bond donors (Lipinski definition) is 0. The second kappa shape index (κ2) is 11.4. The van der Waals surface area contributed by atoms with Crippen molar-refractivity contribution in [3.8, 4) is 0 Å². The summed E-state index contributed by atoms with van der Waals surface area (Å²) in [5, 5.41) is 0. The molecule has 3 aliphatic rings. The molecule has 1 saturated carbocycles. The van der Waals surface area contributed by atoms with Crippen molar-refractivity contribution in [2.24, 2.45) is 23.7 Å². The van der Waals surface area contributed by atoms with E-state index in [4.69, 9.17) is 9.47 Å². The average molecular weight is 365 g/mol. The summed E-state index contributed by atoms with van der Waals surface area (Å²) in [6.45, 7) is 5.26. The number of carbonyl (C=O) groups is 2. The first-order chi connectivity index (χ1) is 12.7. The van der Waals surface area contributed by atoms with Crippen LogP contribution in [0.15, 0.2) is 12.2 Å². The van der Waals surface area contributed by atoms with Crippen LogP contribution in [0.3, 0.4) is 0 Å². The summed E-state index contributed by atoms with van der Waals surface area (Å²) in [6, 6.07) is 0. The zero-order chi connectivity index (χ0) is 18.8. The van der Waals surface area contributed by atoms with E-state index in [1.54, 1.807) is 0 Å². The molecule has 0 aromatic carbocycles. The smallest absolute Gasteiger partial charge is 0.310 e. The standard InChI is InChI=1S/C22H36O4/c1-3-5-7-9-15-25-21(23)19-17-11-13-18(14-12-17)20(19)22(24)26-16-10-8-6-4-2/h11,13,17-20H,3-10,12,14-16H2,1-2H3. The Bertz CT molecular complexity index is 429. The largest absolute Gasteiger partial charge is 0.465 e. The highest BCUT2D eigenvalue weighted by Crippen LogP contribution is 2.46. The number of unbranched alkanes of at least 4 members (excludes halogenated alkanes) is 6. The van der Waals surface area contributed by atoms with Gasteiger partial charge in [-0.05, 0) is 37.5 Å². The van der Waals surface area contributed by atoms with Crippen molar-refractivity contribution in [1.82, 2.24) is 0 Å². The van der Waals surface area contributed by atoms with Gasteiger partial charge in [-0.25, -0.2) is 0 Å². The van der Waals surface area contributed by atoms with Gasteiger partial charge in [-0.3, -0.25) is 9.59 Å². The molecular weight excluding hydrogens is 328 g/mol. The molecule has 3 aliphatic carbocycles. The Hall–Kier alpha value is -1.32. The number of ether oxygens (including phenoxy) is 2. The van der Waals surface area contributed by atoms with E-state index < -0.39 is 0 Å². The lowest BCUT2D eigenvalue weighted by Crippen LogP contribution is -2.46. The number of hydrogen-bond acceptors (Lipinski definition) is 4. The maximum Gasteiger partial charge on any atom is 0.310 e. The van der Waals surface area contributed by atoms with Crippen molar-refractivity contribution in [2.75, 3.05) is 13.2 Å². The molecule has 0 heterocycles. The SMILES string of the molecule is CCCCCCOC(=O)C1C2C=CC(CC2)C1C(=O)OCCCCCC. The van der Waals surface area contributed by atoms with Gasteiger partial charge in [-0.1, -0.05) is 64.5 Å². The van der Waals surface area contributed by atoms with Gasteiger partial charge < -0.3 is 9.47 Å². The van der Waals surface area contributed by atoms with Crippen molar-refractivity contribution in [3.05, 3.63) is 12.2 Å². The van der Waals surface area contributed by atoms with Crippen LogP contribution in [0.2, 0.25) is 0 Å². The van der Waals surface area contributed by atoms with Gasteiger partial charge >= 0.3 is 11.9 Å². The Kier molecular flexibility index (Phi) is 9.21. The molecule has 148 valence electrons. The lowest BCUT2D eigenvalue weighted by Gasteiger charge is -2.42. The molecule has 0 aliphatic heterocycles. The Morgan fingerprint density at radius 1 is 0.731 bits per heavy atom. The number of esters is 2. The van der Waals surface area contributed by atoms with Crippen molar-refractivity contribution in [1.29, 1.82) is 0 Å². The fourth-order valence-corrected chi connectivity index (χ4v) is 4.23.